The molecule has 0 N–H and O–H groups in total. The van der Waals surface area contributed by atoms with E-state index in [-0.39, 0.29) is 23.7 Å². The van der Waals surface area contributed by atoms with Crippen molar-refractivity contribution in [2.24, 2.45) is 29.6 Å². The summed E-state index contributed by atoms with van der Waals surface area (Å²) in [6, 6.07) is 0. The van der Waals surface area contributed by atoms with Crippen LogP contribution in [0.15, 0.2) is 0 Å². The van der Waals surface area contributed by atoms with Gasteiger partial charge in [0.05, 0.1) is 13.0 Å². The van der Waals surface area contributed by atoms with Gasteiger partial charge in [-0.15, -0.1) is 0 Å². The van der Waals surface area contributed by atoms with Crippen LogP contribution in [0.4, 0.5) is 0 Å². The van der Waals surface area contributed by atoms with E-state index in [1.165, 1.54) is 7.11 Å². The SMILES string of the molecule is COC(=O)[C@@H]1[C@@H]2[C@@H]3C[C@H]1C(=O)[C@H]32. The zero-order valence-electron chi connectivity index (χ0n) is 6.82. The molecule has 0 heterocycles. The molecule has 4 rings (SSSR count). The Kier molecular flexibility index (Phi) is 0.955. The van der Waals surface area contributed by atoms with E-state index in [2.05, 4.69) is 4.74 Å². The molecule has 0 amide bonds. The smallest absolute Gasteiger partial charge is 0.309 e. The molecule has 4 aliphatic carbocycles. The van der Waals surface area contributed by atoms with Crippen LogP contribution in [0.5, 0.6) is 0 Å². The standard InChI is InChI=1S/C9H10O3/c1-12-9(11)7-4-2-3-5(7)6(3)8(4)10/h3-7H,2H2,1H3/t3-,4+,5+,6+,7-/m0/s1. The van der Waals surface area contributed by atoms with Crippen LogP contribution in [0.25, 0.3) is 0 Å². The topological polar surface area (TPSA) is 43.4 Å². The predicted octanol–water partition coefficient (Wildman–Crippen LogP) is 0.240. The second-order valence-electron chi connectivity index (χ2n) is 4.06. The number of rotatable bonds is 1. The Hall–Kier alpha value is -0.860. The van der Waals surface area contributed by atoms with Gasteiger partial charge < -0.3 is 4.74 Å². The Morgan fingerprint density at radius 1 is 1.58 bits per heavy atom. The lowest BCUT2D eigenvalue weighted by molar-refractivity contribution is -0.147. The molecule has 0 aromatic heterocycles. The molecular weight excluding hydrogens is 156 g/mol. The number of ketones is 1. The summed E-state index contributed by atoms with van der Waals surface area (Å²) >= 11 is 0. The summed E-state index contributed by atoms with van der Waals surface area (Å²) in [5.74, 6) is 1.29. The molecule has 4 aliphatic rings. The van der Waals surface area contributed by atoms with Gasteiger partial charge in [0.25, 0.3) is 0 Å². The van der Waals surface area contributed by atoms with Crippen molar-refractivity contribution in [2.75, 3.05) is 7.11 Å². The number of hydrogen-bond donors (Lipinski definition) is 0. The lowest BCUT2D eigenvalue weighted by atomic mass is 9.98. The van der Waals surface area contributed by atoms with Crippen LogP contribution in [-0.2, 0) is 14.3 Å². The van der Waals surface area contributed by atoms with Crippen LogP contribution in [0.2, 0.25) is 0 Å². The molecule has 4 fully saturated rings. The minimum absolute atomic E-state index is 0.0254. The van der Waals surface area contributed by atoms with Crippen molar-refractivity contribution in [3.05, 3.63) is 0 Å². The van der Waals surface area contributed by atoms with Crippen molar-refractivity contribution < 1.29 is 14.3 Å². The molecule has 0 saturated heterocycles. The fraction of sp³-hybridized carbons (Fsp3) is 0.778. The third-order valence-electron chi connectivity index (χ3n) is 3.77. The van der Waals surface area contributed by atoms with E-state index < -0.39 is 0 Å². The van der Waals surface area contributed by atoms with E-state index in [0.29, 0.717) is 17.6 Å². The zero-order chi connectivity index (χ0) is 8.46. The Bertz CT molecular complexity index is 283. The summed E-state index contributed by atoms with van der Waals surface area (Å²) in [6.45, 7) is 0. The molecule has 0 radical (unpaired) electrons. The van der Waals surface area contributed by atoms with Crippen LogP contribution in [-0.4, -0.2) is 18.9 Å². The van der Waals surface area contributed by atoms with Crippen LogP contribution in [0.3, 0.4) is 0 Å². The number of esters is 1. The van der Waals surface area contributed by atoms with Gasteiger partial charge >= 0.3 is 5.97 Å². The normalized spacial score (nSPS) is 52.8. The van der Waals surface area contributed by atoms with Gasteiger partial charge in [0.1, 0.15) is 5.78 Å². The number of ether oxygens (including phenoxy) is 1. The summed E-state index contributed by atoms with van der Waals surface area (Å²) < 4.78 is 4.69. The van der Waals surface area contributed by atoms with E-state index in [9.17, 15) is 9.59 Å². The van der Waals surface area contributed by atoms with Crippen molar-refractivity contribution in [1.82, 2.24) is 0 Å². The highest BCUT2D eigenvalue weighted by Gasteiger charge is 2.75. The minimum atomic E-state index is -0.166. The second-order valence-corrected chi connectivity index (χ2v) is 4.06. The predicted molar refractivity (Wildman–Crippen MR) is 39.1 cm³/mol. The first-order valence-corrected chi connectivity index (χ1v) is 4.37. The van der Waals surface area contributed by atoms with E-state index in [4.69, 9.17) is 0 Å². The van der Waals surface area contributed by atoms with Crippen molar-refractivity contribution in [3.63, 3.8) is 0 Å². The average Bonchev–Trinajstić information content (AvgIpc) is 2.42. The maximum Gasteiger partial charge on any atom is 0.309 e. The van der Waals surface area contributed by atoms with Gasteiger partial charge in [-0.3, -0.25) is 9.59 Å². The van der Waals surface area contributed by atoms with Crippen molar-refractivity contribution >= 4 is 11.8 Å². The molecule has 12 heavy (non-hydrogen) atoms. The maximum atomic E-state index is 11.4. The number of methoxy groups -OCH3 is 1. The average molecular weight is 166 g/mol. The van der Waals surface area contributed by atoms with Crippen molar-refractivity contribution in [3.8, 4) is 0 Å². The molecular formula is C9H10O3. The Balaban J connectivity index is 1.93. The van der Waals surface area contributed by atoms with Gasteiger partial charge in [0.2, 0.25) is 0 Å². The largest absolute Gasteiger partial charge is 0.469 e. The van der Waals surface area contributed by atoms with Gasteiger partial charge in [0.15, 0.2) is 0 Å². The zero-order valence-corrected chi connectivity index (χ0v) is 6.82. The molecule has 3 heteroatoms. The maximum absolute atomic E-state index is 11.4. The van der Waals surface area contributed by atoms with Crippen LogP contribution in [0, 0.1) is 29.6 Å². The van der Waals surface area contributed by atoms with Gasteiger partial charge in [-0.25, -0.2) is 0 Å². The highest BCUT2D eigenvalue weighted by Crippen LogP contribution is 2.71. The van der Waals surface area contributed by atoms with Crippen LogP contribution >= 0.6 is 0 Å². The van der Waals surface area contributed by atoms with Crippen LogP contribution < -0.4 is 0 Å². The highest BCUT2D eigenvalue weighted by molar-refractivity contribution is 5.98. The van der Waals surface area contributed by atoms with E-state index >= 15 is 0 Å². The van der Waals surface area contributed by atoms with E-state index in [0.717, 1.165) is 6.42 Å². The van der Waals surface area contributed by atoms with Crippen LogP contribution in [0.1, 0.15) is 6.42 Å². The van der Waals surface area contributed by atoms with Gasteiger partial charge in [-0.2, -0.15) is 0 Å². The third kappa shape index (κ3) is 0.490. The first kappa shape index (κ1) is 6.63. The Morgan fingerprint density at radius 2 is 2.33 bits per heavy atom. The second kappa shape index (κ2) is 1.73. The highest BCUT2D eigenvalue weighted by atomic mass is 16.5. The summed E-state index contributed by atoms with van der Waals surface area (Å²) in [4.78, 5) is 22.7. The molecule has 5 atom stereocenters. The molecule has 64 valence electrons. The first-order valence-electron chi connectivity index (χ1n) is 4.37. The number of carbonyl (C=O) groups is 2. The molecule has 4 bridgehead atoms. The molecule has 0 aliphatic heterocycles. The van der Waals surface area contributed by atoms with Crippen molar-refractivity contribution in [1.29, 1.82) is 0 Å². The minimum Gasteiger partial charge on any atom is -0.469 e. The van der Waals surface area contributed by atoms with E-state index in [1.54, 1.807) is 0 Å². The van der Waals surface area contributed by atoms with Gasteiger partial charge in [0, 0.05) is 11.8 Å². The number of carbonyl (C=O) groups excluding carboxylic acids is 2. The van der Waals surface area contributed by atoms with Gasteiger partial charge in [-0.1, -0.05) is 0 Å². The third-order valence-corrected chi connectivity index (χ3v) is 3.77. The quantitative estimate of drug-likeness (QED) is 0.524. The molecule has 0 unspecified atom stereocenters. The van der Waals surface area contributed by atoms with Crippen molar-refractivity contribution in [2.45, 2.75) is 6.42 Å². The molecule has 3 nitrogen and oxygen atoms in total. The summed E-state index contributed by atoms with van der Waals surface area (Å²) in [5, 5.41) is 0. The van der Waals surface area contributed by atoms with E-state index in [1.807, 2.05) is 0 Å². The fourth-order valence-corrected chi connectivity index (χ4v) is 3.30. The monoisotopic (exact) mass is 166 g/mol. The lowest BCUT2D eigenvalue weighted by Crippen LogP contribution is -2.21. The number of hydrogen-bond acceptors (Lipinski definition) is 3. The summed E-state index contributed by atoms with van der Waals surface area (Å²) in [6.07, 6.45) is 0.952. The lowest BCUT2D eigenvalue weighted by Gasteiger charge is -2.09. The summed E-state index contributed by atoms with van der Waals surface area (Å²) in [5.41, 5.74) is 0. The molecule has 0 spiro atoms. The molecule has 4 saturated carbocycles. The number of Topliss-reactive ketones (excluding diaryl/α,β-unsaturated/α-hetero) is 1. The summed E-state index contributed by atoms with van der Waals surface area (Å²) in [7, 11) is 1.40. The molecule has 0 aromatic carbocycles. The Labute approximate surface area is 70.1 Å². The van der Waals surface area contributed by atoms with Gasteiger partial charge in [-0.05, 0) is 18.3 Å². The fourth-order valence-electron chi connectivity index (χ4n) is 3.30. The Morgan fingerprint density at radius 3 is 2.67 bits per heavy atom. The molecule has 0 aromatic rings. The first-order chi connectivity index (χ1) is 5.75.